The number of rotatable bonds is 9. The number of ether oxygens (including phenoxy) is 1. The Kier molecular flexibility index (Phi) is 7.58. The van der Waals surface area contributed by atoms with E-state index in [1.807, 2.05) is 38.1 Å². The molecule has 32 heavy (non-hydrogen) atoms. The molecule has 0 aliphatic heterocycles. The molecule has 8 heteroatoms. The van der Waals surface area contributed by atoms with Crippen molar-refractivity contribution < 1.29 is 19.1 Å². The third-order valence-electron chi connectivity index (χ3n) is 4.89. The number of carbonyl (C=O) groups excluding carboxylic acids is 3. The van der Waals surface area contributed by atoms with Gasteiger partial charge < -0.3 is 10.1 Å². The number of benzene rings is 1. The zero-order valence-electron chi connectivity index (χ0n) is 18.7. The van der Waals surface area contributed by atoms with Crippen molar-refractivity contribution in [3.8, 4) is 5.69 Å². The van der Waals surface area contributed by atoms with Crippen LogP contribution in [-0.4, -0.2) is 33.5 Å². The highest BCUT2D eigenvalue weighted by molar-refractivity contribution is 7.14. The Morgan fingerprint density at radius 1 is 1.22 bits per heavy atom. The Hall–Kier alpha value is -3.26. The van der Waals surface area contributed by atoms with Crippen LogP contribution in [0, 0.1) is 6.92 Å². The van der Waals surface area contributed by atoms with Crippen LogP contribution in [0.25, 0.3) is 5.69 Å². The summed E-state index contributed by atoms with van der Waals surface area (Å²) in [7, 11) is 0. The van der Waals surface area contributed by atoms with Crippen molar-refractivity contribution in [2.45, 2.75) is 53.2 Å². The molecule has 0 aliphatic rings. The fraction of sp³-hybridized carbons (Fsp3) is 0.333. The highest BCUT2D eigenvalue weighted by atomic mass is 32.1. The van der Waals surface area contributed by atoms with E-state index in [4.69, 9.17) is 4.74 Å². The second-order valence-electron chi connectivity index (χ2n) is 7.59. The Balaban J connectivity index is 1.75. The van der Waals surface area contributed by atoms with Crippen LogP contribution in [0.15, 0.2) is 42.6 Å². The fourth-order valence-corrected chi connectivity index (χ4v) is 4.26. The van der Waals surface area contributed by atoms with Crippen molar-refractivity contribution in [1.82, 2.24) is 15.1 Å². The van der Waals surface area contributed by atoms with E-state index in [1.165, 1.54) is 24.5 Å². The van der Waals surface area contributed by atoms with E-state index in [0.717, 1.165) is 28.2 Å². The van der Waals surface area contributed by atoms with Gasteiger partial charge in [0.25, 0.3) is 0 Å². The zero-order valence-corrected chi connectivity index (χ0v) is 19.5. The largest absolute Gasteiger partial charge is 0.451 e. The number of hydrogen-bond acceptors (Lipinski definition) is 6. The van der Waals surface area contributed by atoms with Crippen LogP contribution in [-0.2, 0) is 22.5 Å². The molecule has 0 saturated carbocycles. The molecule has 3 rings (SSSR count). The average Bonchev–Trinajstić information content (AvgIpc) is 3.39. The van der Waals surface area contributed by atoms with Gasteiger partial charge in [-0.05, 0) is 50.1 Å². The maximum absolute atomic E-state index is 12.9. The van der Waals surface area contributed by atoms with Gasteiger partial charge in [0.15, 0.2) is 6.10 Å². The molecule has 1 aromatic carbocycles. The third-order valence-corrected chi connectivity index (χ3v) is 5.99. The number of esters is 1. The smallest absolute Gasteiger partial charge is 0.342 e. The minimum absolute atomic E-state index is 0.136. The van der Waals surface area contributed by atoms with E-state index in [0.29, 0.717) is 23.4 Å². The summed E-state index contributed by atoms with van der Waals surface area (Å²) in [4.78, 5) is 38.1. The summed E-state index contributed by atoms with van der Waals surface area (Å²) in [6, 6.07) is 11.4. The van der Waals surface area contributed by atoms with E-state index in [2.05, 4.69) is 10.4 Å². The Labute approximate surface area is 191 Å². The maximum Gasteiger partial charge on any atom is 0.342 e. The quantitative estimate of drug-likeness (QED) is 0.386. The second kappa shape index (κ2) is 10.4. The lowest BCUT2D eigenvalue weighted by Gasteiger charge is -2.13. The first-order chi connectivity index (χ1) is 15.3. The van der Waals surface area contributed by atoms with E-state index in [9.17, 15) is 14.4 Å². The monoisotopic (exact) mass is 453 g/mol. The molecule has 3 aromatic rings. The van der Waals surface area contributed by atoms with Crippen molar-refractivity contribution in [1.29, 1.82) is 0 Å². The summed E-state index contributed by atoms with van der Waals surface area (Å²) in [5.41, 5.74) is 3.10. The van der Waals surface area contributed by atoms with Crippen molar-refractivity contribution in [2.24, 2.45) is 0 Å². The molecule has 1 N–H and O–H groups in total. The van der Waals surface area contributed by atoms with Gasteiger partial charge in [-0.25, -0.2) is 9.48 Å². The predicted molar refractivity (Wildman–Crippen MR) is 123 cm³/mol. The van der Waals surface area contributed by atoms with Gasteiger partial charge >= 0.3 is 5.97 Å². The number of Topliss-reactive ketones (excluding diaryl/α,β-unsaturated/α-hetero) is 1. The molecule has 2 aromatic heterocycles. The number of carbonyl (C=O) groups is 3. The predicted octanol–water partition coefficient (Wildman–Crippen LogP) is 4.26. The lowest BCUT2D eigenvalue weighted by molar-refractivity contribution is -0.119. The Bertz CT molecular complexity index is 1130. The maximum atomic E-state index is 12.9. The summed E-state index contributed by atoms with van der Waals surface area (Å²) in [6.07, 6.45) is 2.05. The van der Waals surface area contributed by atoms with Gasteiger partial charge in [0.05, 0.1) is 29.0 Å². The number of aryl methyl sites for hydroxylation is 1. The lowest BCUT2D eigenvalue weighted by atomic mass is 10.1. The summed E-state index contributed by atoms with van der Waals surface area (Å²) in [6.45, 7) is 7.40. The molecule has 2 heterocycles. The number of nitrogens with one attached hydrogen (secondary N) is 1. The fourth-order valence-electron chi connectivity index (χ4n) is 3.30. The van der Waals surface area contributed by atoms with Crippen LogP contribution in [0.2, 0.25) is 0 Å². The number of amides is 1. The van der Waals surface area contributed by atoms with Crippen molar-refractivity contribution >= 4 is 29.0 Å². The highest BCUT2D eigenvalue weighted by Crippen LogP contribution is 2.22. The van der Waals surface area contributed by atoms with Crippen LogP contribution in [0.3, 0.4) is 0 Å². The van der Waals surface area contributed by atoms with Crippen LogP contribution in [0.5, 0.6) is 0 Å². The van der Waals surface area contributed by atoms with Gasteiger partial charge in [0, 0.05) is 11.8 Å². The van der Waals surface area contributed by atoms with Gasteiger partial charge in [0.2, 0.25) is 11.7 Å². The minimum Gasteiger partial charge on any atom is -0.451 e. The normalized spacial score (nSPS) is 11.8. The average molecular weight is 454 g/mol. The van der Waals surface area contributed by atoms with Gasteiger partial charge in [-0.3, -0.25) is 9.59 Å². The molecule has 0 radical (unpaired) electrons. The first-order valence-corrected chi connectivity index (χ1v) is 11.3. The molecule has 1 unspecified atom stereocenters. The van der Waals surface area contributed by atoms with Gasteiger partial charge in [-0.15, -0.1) is 11.3 Å². The van der Waals surface area contributed by atoms with Crippen LogP contribution in [0.4, 0.5) is 0 Å². The molecule has 0 aliphatic carbocycles. The van der Waals surface area contributed by atoms with E-state index in [-0.39, 0.29) is 11.7 Å². The van der Waals surface area contributed by atoms with Crippen molar-refractivity contribution in [3.63, 3.8) is 0 Å². The number of thiophene rings is 1. The topological polar surface area (TPSA) is 90.3 Å². The summed E-state index contributed by atoms with van der Waals surface area (Å²) < 4.78 is 7.27. The Morgan fingerprint density at radius 2 is 2.00 bits per heavy atom. The molecule has 0 saturated heterocycles. The second-order valence-corrected chi connectivity index (χ2v) is 8.76. The number of ketones is 1. The molecule has 168 valence electrons. The lowest BCUT2D eigenvalue weighted by Crippen LogP contribution is -2.24. The third kappa shape index (κ3) is 5.50. The highest BCUT2D eigenvalue weighted by Gasteiger charge is 2.25. The Morgan fingerprint density at radius 3 is 2.69 bits per heavy atom. The first kappa shape index (κ1) is 23.4. The molecule has 7 nitrogen and oxygen atoms in total. The van der Waals surface area contributed by atoms with Crippen LogP contribution >= 0.6 is 11.3 Å². The van der Waals surface area contributed by atoms with Crippen LogP contribution < -0.4 is 5.32 Å². The molecule has 1 amide bonds. The molecule has 0 fully saturated rings. The minimum atomic E-state index is -0.938. The first-order valence-electron chi connectivity index (χ1n) is 10.5. The van der Waals surface area contributed by atoms with Gasteiger partial charge in [-0.1, -0.05) is 25.5 Å². The molecular weight excluding hydrogens is 426 g/mol. The van der Waals surface area contributed by atoms with E-state index < -0.39 is 12.1 Å². The summed E-state index contributed by atoms with van der Waals surface area (Å²) >= 11 is 1.28. The van der Waals surface area contributed by atoms with Crippen molar-refractivity contribution in [3.05, 3.63) is 69.2 Å². The summed E-state index contributed by atoms with van der Waals surface area (Å²) in [5, 5.41) is 7.11. The molecule has 0 spiro atoms. The standard InChI is InChI=1S/C24H27N3O4S/c1-5-7-21-20(14-26-27(21)18-9-6-8-15(2)12-18)24(30)31-16(3)23(29)22-11-10-19(32-22)13-25-17(4)28/h6,8-12,14,16H,5,7,13H2,1-4H3,(H,25,28). The molecule has 1 atom stereocenters. The zero-order chi connectivity index (χ0) is 23.3. The number of aromatic nitrogens is 2. The van der Waals surface area contributed by atoms with E-state index in [1.54, 1.807) is 23.7 Å². The SMILES string of the molecule is CCCc1c(C(=O)OC(C)C(=O)c2ccc(CNC(C)=O)s2)cnn1-c1cccc(C)c1. The van der Waals surface area contributed by atoms with Crippen molar-refractivity contribution in [2.75, 3.05) is 0 Å². The number of hydrogen-bond donors (Lipinski definition) is 1. The number of nitrogens with zero attached hydrogens (tertiary/aromatic N) is 2. The molecule has 0 bridgehead atoms. The summed E-state index contributed by atoms with van der Waals surface area (Å²) in [5.74, 6) is -0.980. The van der Waals surface area contributed by atoms with E-state index >= 15 is 0 Å². The molecular formula is C24H27N3O4S. The van der Waals surface area contributed by atoms with Gasteiger partial charge in [-0.2, -0.15) is 5.10 Å². The van der Waals surface area contributed by atoms with Crippen LogP contribution in [0.1, 0.15) is 63.4 Å². The van der Waals surface area contributed by atoms with Gasteiger partial charge in [0.1, 0.15) is 5.56 Å².